The largest absolute Gasteiger partial charge is 0.493 e. The van der Waals surface area contributed by atoms with E-state index in [1.54, 1.807) is 19.1 Å². The summed E-state index contributed by atoms with van der Waals surface area (Å²) in [7, 11) is 3.11. The first-order chi connectivity index (χ1) is 13.4. The number of carbonyl (C=O) groups excluding carboxylic acids is 2. The van der Waals surface area contributed by atoms with Crippen LogP contribution < -0.4 is 9.47 Å². The first-order valence-electron chi connectivity index (χ1n) is 8.57. The summed E-state index contributed by atoms with van der Waals surface area (Å²) in [5.74, 6) is -0.924. The van der Waals surface area contributed by atoms with E-state index in [-0.39, 0.29) is 16.5 Å². The molecule has 0 saturated carbocycles. The molecule has 1 amide bonds. The number of hydrogen-bond acceptors (Lipinski definition) is 5. The highest BCUT2D eigenvalue weighted by molar-refractivity contribution is 6.33. The van der Waals surface area contributed by atoms with E-state index < -0.39 is 18.4 Å². The van der Waals surface area contributed by atoms with Gasteiger partial charge in [-0.05, 0) is 41.8 Å². The summed E-state index contributed by atoms with van der Waals surface area (Å²) in [6.07, 6.45) is 0.633. The van der Waals surface area contributed by atoms with Crippen molar-refractivity contribution in [3.8, 4) is 11.5 Å². The van der Waals surface area contributed by atoms with E-state index in [0.29, 0.717) is 31.0 Å². The van der Waals surface area contributed by atoms with E-state index in [9.17, 15) is 14.0 Å². The number of fused-ring (bicyclic) bond motifs is 1. The number of rotatable bonds is 5. The molecular formula is C20H19ClFNO5. The van der Waals surface area contributed by atoms with Gasteiger partial charge in [0.05, 0.1) is 19.2 Å². The summed E-state index contributed by atoms with van der Waals surface area (Å²) in [5, 5.41) is -0.0645. The van der Waals surface area contributed by atoms with Crippen molar-refractivity contribution in [1.82, 2.24) is 4.90 Å². The van der Waals surface area contributed by atoms with Gasteiger partial charge in [-0.15, -0.1) is 0 Å². The summed E-state index contributed by atoms with van der Waals surface area (Å²) >= 11 is 5.84. The van der Waals surface area contributed by atoms with Crippen molar-refractivity contribution in [2.75, 3.05) is 27.4 Å². The number of ether oxygens (including phenoxy) is 3. The Morgan fingerprint density at radius 2 is 1.82 bits per heavy atom. The third-order valence-electron chi connectivity index (χ3n) is 4.56. The molecule has 3 rings (SSSR count). The zero-order valence-electron chi connectivity index (χ0n) is 15.5. The second kappa shape index (κ2) is 8.48. The van der Waals surface area contributed by atoms with E-state index in [4.69, 9.17) is 25.8 Å². The molecule has 0 unspecified atom stereocenters. The van der Waals surface area contributed by atoms with Gasteiger partial charge in [0.25, 0.3) is 5.91 Å². The van der Waals surface area contributed by atoms with Crippen molar-refractivity contribution in [3.05, 3.63) is 57.9 Å². The average molecular weight is 408 g/mol. The lowest BCUT2D eigenvalue weighted by molar-refractivity contribution is -0.135. The fourth-order valence-corrected chi connectivity index (χ4v) is 3.32. The molecule has 148 valence electrons. The van der Waals surface area contributed by atoms with Gasteiger partial charge in [0.2, 0.25) is 0 Å². The zero-order chi connectivity index (χ0) is 20.3. The highest BCUT2D eigenvalue weighted by Crippen LogP contribution is 2.33. The highest BCUT2D eigenvalue weighted by Gasteiger charge is 2.25. The van der Waals surface area contributed by atoms with Crippen LogP contribution >= 0.6 is 11.6 Å². The van der Waals surface area contributed by atoms with Crippen molar-refractivity contribution in [1.29, 1.82) is 0 Å². The van der Waals surface area contributed by atoms with Gasteiger partial charge < -0.3 is 19.1 Å². The van der Waals surface area contributed by atoms with Crippen molar-refractivity contribution < 1.29 is 28.2 Å². The standard InChI is InChI=1S/C20H19ClFNO5/c1-26-16-8-12-6-7-23(10-13(12)9-17(16)27-2)18(24)11-28-20(25)19-14(21)4-3-5-15(19)22/h3-5,8-9H,6-7,10-11H2,1-2H3. The number of methoxy groups -OCH3 is 2. The maximum atomic E-state index is 13.8. The van der Waals surface area contributed by atoms with Gasteiger partial charge >= 0.3 is 5.97 Å². The van der Waals surface area contributed by atoms with Crippen LogP contribution in [0.5, 0.6) is 11.5 Å². The molecule has 0 spiro atoms. The first-order valence-corrected chi connectivity index (χ1v) is 8.95. The fourth-order valence-electron chi connectivity index (χ4n) is 3.08. The molecule has 1 aliphatic rings. The Balaban J connectivity index is 1.66. The minimum absolute atomic E-state index is 0.0645. The van der Waals surface area contributed by atoms with E-state index >= 15 is 0 Å². The summed E-state index contributed by atoms with van der Waals surface area (Å²) < 4.78 is 29.4. The predicted octanol–water partition coefficient (Wildman–Crippen LogP) is 3.24. The Morgan fingerprint density at radius 3 is 2.46 bits per heavy atom. The number of esters is 1. The molecule has 0 aromatic heterocycles. The Labute approximate surface area is 166 Å². The van der Waals surface area contributed by atoms with Crippen molar-refractivity contribution in [2.45, 2.75) is 13.0 Å². The van der Waals surface area contributed by atoms with Crippen molar-refractivity contribution >= 4 is 23.5 Å². The number of amides is 1. The van der Waals surface area contributed by atoms with Gasteiger partial charge in [-0.3, -0.25) is 4.79 Å². The van der Waals surface area contributed by atoms with E-state index in [0.717, 1.165) is 17.2 Å². The van der Waals surface area contributed by atoms with Crippen molar-refractivity contribution in [2.24, 2.45) is 0 Å². The predicted molar refractivity (Wildman–Crippen MR) is 100 cm³/mol. The number of hydrogen-bond donors (Lipinski definition) is 0. The average Bonchev–Trinajstić information content (AvgIpc) is 2.70. The number of benzene rings is 2. The maximum absolute atomic E-state index is 13.8. The van der Waals surface area contributed by atoms with Crippen LogP contribution in [0.4, 0.5) is 4.39 Å². The second-order valence-corrected chi connectivity index (χ2v) is 6.62. The molecule has 0 fully saturated rings. The molecule has 1 heterocycles. The van der Waals surface area contributed by atoms with E-state index in [1.165, 1.54) is 12.1 Å². The second-order valence-electron chi connectivity index (χ2n) is 6.21. The lowest BCUT2D eigenvalue weighted by Crippen LogP contribution is -2.38. The normalized spacial score (nSPS) is 12.9. The minimum Gasteiger partial charge on any atom is -0.493 e. The first kappa shape index (κ1) is 19.9. The quantitative estimate of drug-likeness (QED) is 0.712. The molecule has 28 heavy (non-hydrogen) atoms. The molecule has 0 radical (unpaired) electrons. The van der Waals surface area contributed by atoms with Gasteiger partial charge in [0, 0.05) is 13.1 Å². The zero-order valence-corrected chi connectivity index (χ0v) is 16.2. The Morgan fingerprint density at radius 1 is 1.14 bits per heavy atom. The highest BCUT2D eigenvalue weighted by atomic mass is 35.5. The molecule has 8 heteroatoms. The van der Waals surface area contributed by atoms with Gasteiger partial charge in [-0.25, -0.2) is 9.18 Å². The molecule has 1 aliphatic heterocycles. The smallest absolute Gasteiger partial charge is 0.343 e. The van der Waals surface area contributed by atoms with Gasteiger partial charge in [-0.2, -0.15) is 0 Å². The molecule has 2 aromatic rings. The third kappa shape index (κ3) is 4.04. The summed E-state index contributed by atoms with van der Waals surface area (Å²) in [5.41, 5.74) is 1.62. The number of halogens is 2. The molecule has 0 bridgehead atoms. The van der Waals surface area contributed by atoms with Crippen LogP contribution in [-0.2, 0) is 22.5 Å². The number of nitrogens with zero attached hydrogens (tertiary/aromatic N) is 1. The molecule has 0 saturated heterocycles. The van der Waals surface area contributed by atoms with Crippen molar-refractivity contribution in [3.63, 3.8) is 0 Å². The SMILES string of the molecule is COc1cc2c(cc1OC)CN(C(=O)COC(=O)c1c(F)cccc1Cl)CC2. The van der Waals surface area contributed by atoms with E-state index in [1.807, 2.05) is 12.1 Å². The summed E-state index contributed by atoms with van der Waals surface area (Å²) in [6, 6.07) is 7.60. The number of carbonyl (C=O) groups is 2. The van der Waals surface area contributed by atoms with Crippen LogP contribution in [0.15, 0.2) is 30.3 Å². The van der Waals surface area contributed by atoms with Crippen LogP contribution in [0.1, 0.15) is 21.5 Å². The molecule has 6 nitrogen and oxygen atoms in total. The van der Waals surface area contributed by atoms with Crippen LogP contribution in [0.25, 0.3) is 0 Å². The topological polar surface area (TPSA) is 65.1 Å². The lowest BCUT2D eigenvalue weighted by atomic mass is 9.99. The van der Waals surface area contributed by atoms with Crippen LogP contribution in [0, 0.1) is 5.82 Å². The molecular weight excluding hydrogens is 389 g/mol. The Kier molecular flexibility index (Phi) is 6.04. The fraction of sp³-hybridized carbons (Fsp3) is 0.300. The van der Waals surface area contributed by atoms with E-state index in [2.05, 4.69) is 0 Å². The Hall–Kier alpha value is -2.80. The molecule has 2 aromatic carbocycles. The van der Waals surface area contributed by atoms with Gasteiger partial charge in [-0.1, -0.05) is 17.7 Å². The molecule has 0 aliphatic carbocycles. The molecule has 0 N–H and O–H groups in total. The minimum atomic E-state index is -0.972. The molecule has 0 atom stereocenters. The maximum Gasteiger partial charge on any atom is 0.343 e. The third-order valence-corrected chi connectivity index (χ3v) is 4.88. The van der Waals surface area contributed by atoms with Crippen LogP contribution in [0.2, 0.25) is 5.02 Å². The lowest BCUT2D eigenvalue weighted by Gasteiger charge is -2.29. The summed E-state index contributed by atoms with van der Waals surface area (Å²) in [4.78, 5) is 26.1. The van der Waals surface area contributed by atoms with Gasteiger partial charge in [0.1, 0.15) is 11.4 Å². The van der Waals surface area contributed by atoms with Crippen LogP contribution in [-0.4, -0.2) is 44.1 Å². The van der Waals surface area contributed by atoms with Gasteiger partial charge in [0.15, 0.2) is 18.1 Å². The van der Waals surface area contributed by atoms with Crippen LogP contribution in [0.3, 0.4) is 0 Å². The monoisotopic (exact) mass is 407 g/mol. The Bertz CT molecular complexity index is 897. The summed E-state index contributed by atoms with van der Waals surface area (Å²) in [6.45, 7) is 0.331.